The van der Waals surface area contributed by atoms with E-state index in [9.17, 15) is 9.90 Å². The van der Waals surface area contributed by atoms with E-state index in [-0.39, 0.29) is 12.0 Å². The van der Waals surface area contributed by atoms with E-state index in [2.05, 4.69) is 0 Å². The molecule has 18 heavy (non-hydrogen) atoms. The lowest BCUT2D eigenvalue weighted by Crippen LogP contribution is -2.40. The number of rotatable bonds is 4. The summed E-state index contributed by atoms with van der Waals surface area (Å²) in [6.45, 7) is 1.72. The second kappa shape index (κ2) is 6.40. The van der Waals surface area contributed by atoms with Crippen LogP contribution in [0.15, 0.2) is 30.3 Å². The van der Waals surface area contributed by atoms with Crippen molar-refractivity contribution in [1.82, 2.24) is 4.90 Å². The molecule has 1 aromatic rings. The normalized spacial score (nSPS) is 16.6. The number of para-hydroxylation sites is 1. The van der Waals surface area contributed by atoms with Crippen LogP contribution in [0.1, 0.15) is 19.3 Å². The molecule has 0 bridgehead atoms. The smallest absolute Gasteiger partial charge is 0.226 e. The van der Waals surface area contributed by atoms with Crippen molar-refractivity contribution in [2.75, 3.05) is 19.7 Å². The maximum absolute atomic E-state index is 11.9. The Bertz CT molecular complexity index is 372. The van der Waals surface area contributed by atoms with Gasteiger partial charge in [-0.2, -0.15) is 0 Å². The fraction of sp³-hybridized carbons (Fsp3) is 0.500. The third-order valence-electron chi connectivity index (χ3n) is 3.15. The van der Waals surface area contributed by atoms with Crippen molar-refractivity contribution in [3.8, 4) is 5.75 Å². The minimum absolute atomic E-state index is 0.109. The zero-order valence-corrected chi connectivity index (χ0v) is 10.4. The van der Waals surface area contributed by atoms with Crippen LogP contribution >= 0.6 is 0 Å². The molecule has 0 saturated carbocycles. The van der Waals surface area contributed by atoms with Crippen molar-refractivity contribution < 1.29 is 14.6 Å². The van der Waals surface area contributed by atoms with E-state index in [1.165, 1.54) is 0 Å². The van der Waals surface area contributed by atoms with E-state index in [4.69, 9.17) is 4.74 Å². The van der Waals surface area contributed by atoms with Crippen molar-refractivity contribution in [1.29, 1.82) is 0 Å². The summed E-state index contributed by atoms with van der Waals surface area (Å²) in [5.41, 5.74) is 0. The van der Waals surface area contributed by atoms with E-state index in [0.717, 1.165) is 5.75 Å². The number of nitrogens with zero attached hydrogens (tertiary/aromatic N) is 1. The lowest BCUT2D eigenvalue weighted by molar-refractivity contribution is -0.133. The van der Waals surface area contributed by atoms with Gasteiger partial charge in [0.1, 0.15) is 5.75 Å². The number of piperidine rings is 1. The minimum atomic E-state index is -0.241. The molecular formula is C14H19NO3. The van der Waals surface area contributed by atoms with Gasteiger partial charge in [0.15, 0.2) is 0 Å². The first-order chi connectivity index (χ1) is 8.75. The van der Waals surface area contributed by atoms with Crippen LogP contribution in [0.25, 0.3) is 0 Å². The van der Waals surface area contributed by atoms with E-state index < -0.39 is 0 Å². The summed E-state index contributed by atoms with van der Waals surface area (Å²) in [6, 6.07) is 9.49. The molecule has 0 aliphatic carbocycles. The van der Waals surface area contributed by atoms with Gasteiger partial charge in [0.2, 0.25) is 5.91 Å². The maximum atomic E-state index is 11.9. The van der Waals surface area contributed by atoms with Crippen LogP contribution in [0.5, 0.6) is 5.75 Å². The molecule has 1 aliphatic heterocycles. The van der Waals surface area contributed by atoms with Gasteiger partial charge in [-0.1, -0.05) is 18.2 Å². The van der Waals surface area contributed by atoms with Crippen LogP contribution in [-0.4, -0.2) is 41.7 Å². The average Bonchev–Trinajstić information content (AvgIpc) is 2.40. The van der Waals surface area contributed by atoms with Gasteiger partial charge in [-0.05, 0) is 25.0 Å². The number of hydrogen-bond acceptors (Lipinski definition) is 3. The Morgan fingerprint density at radius 1 is 1.28 bits per heavy atom. The first kappa shape index (κ1) is 12.9. The molecule has 1 amide bonds. The largest absolute Gasteiger partial charge is 0.493 e. The van der Waals surface area contributed by atoms with Crippen molar-refractivity contribution in [3.63, 3.8) is 0 Å². The van der Waals surface area contributed by atoms with Gasteiger partial charge in [0.05, 0.1) is 19.1 Å². The summed E-state index contributed by atoms with van der Waals surface area (Å²) in [6.07, 6.45) is 1.52. The Morgan fingerprint density at radius 3 is 2.61 bits per heavy atom. The minimum Gasteiger partial charge on any atom is -0.493 e. The summed E-state index contributed by atoms with van der Waals surface area (Å²) in [4.78, 5) is 13.7. The number of ether oxygens (including phenoxy) is 1. The first-order valence-corrected chi connectivity index (χ1v) is 6.39. The summed E-state index contributed by atoms with van der Waals surface area (Å²) in [5.74, 6) is 0.900. The van der Waals surface area contributed by atoms with Gasteiger partial charge in [-0.25, -0.2) is 0 Å². The highest BCUT2D eigenvalue weighted by atomic mass is 16.5. The summed E-state index contributed by atoms with van der Waals surface area (Å²) in [7, 11) is 0. The number of carbonyl (C=O) groups is 1. The quantitative estimate of drug-likeness (QED) is 0.878. The molecule has 1 saturated heterocycles. The highest BCUT2D eigenvalue weighted by molar-refractivity contribution is 5.76. The van der Waals surface area contributed by atoms with Gasteiger partial charge in [0.25, 0.3) is 0 Å². The highest BCUT2D eigenvalue weighted by Gasteiger charge is 2.20. The number of carbonyl (C=O) groups excluding carboxylic acids is 1. The monoisotopic (exact) mass is 249 g/mol. The molecule has 1 aromatic carbocycles. The van der Waals surface area contributed by atoms with Crippen LogP contribution in [0.3, 0.4) is 0 Å². The topological polar surface area (TPSA) is 49.8 Å². The van der Waals surface area contributed by atoms with Gasteiger partial charge in [0, 0.05) is 13.1 Å². The molecule has 0 unspecified atom stereocenters. The fourth-order valence-electron chi connectivity index (χ4n) is 2.05. The first-order valence-electron chi connectivity index (χ1n) is 6.39. The Balaban J connectivity index is 1.69. The number of hydrogen-bond donors (Lipinski definition) is 1. The number of aliphatic hydroxyl groups excluding tert-OH is 1. The molecule has 0 atom stereocenters. The summed E-state index contributed by atoms with van der Waals surface area (Å²) in [5, 5.41) is 9.37. The maximum Gasteiger partial charge on any atom is 0.226 e. The lowest BCUT2D eigenvalue weighted by atomic mass is 10.1. The summed E-state index contributed by atoms with van der Waals surface area (Å²) < 4.78 is 5.49. The van der Waals surface area contributed by atoms with Crippen molar-refractivity contribution in [2.45, 2.75) is 25.4 Å². The molecule has 1 aliphatic rings. The number of benzene rings is 1. The molecule has 98 valence electrons. The Kier molecular flexibility index (Phi) is 4.59. The zero-order valence-electron chi connectivity index (χ0n) is 10.4. The van der Waals surface area contributed by atoms with Gasteiger partial charge in [-0.3, -0.25) is 4.79 Å². The van der Waals surface area contributed by atoms with Crippen LogP contribution < -0.4 is 4.74 Å². The second-order valence-electron chi connectivity index (χ2n) is 4.52. The predicted octanol–water partition coefficient (Wildman–Crippen LogP) is 1.44. The number of likely N-dealkylation sites (tertiary alicyclic amines) is 1. The lowest BCUT2D eigenvalue weighted by Gasteiger charge is -2.29. The molecule has 0 spiro atoms. The molecule has 4 nitrogen and oxygen atoms in total. The van der Waals surface area contributed by atoms with Crippen molar-refractivity contribution >= 4 is 5.91 Å². The van der Waals surface area contributed by atoms with Crippen LogP contribution in [-0.2, 0) is 4.79 Å². The fourth-order valence-corrected chi connectivity index (χ4v) is 2.05. The van der Waals surface area contributed by atoms with Gasteiger partial charge >= 0.3 is 0 Å². The number of aliphatic hydroxyl groups is 1. The molecule has 0 aromatic heterocycles. The Labute approximate surface area is 107 Å². The van der Waals surface area contributed by atoms with Crippen LogP contribution in [0, 0.1) is 0 Å². The van der Waals surface area contributed by atoms with Crippen LogP contribution in [0.4, 0.5) is 0 Å². The van der Waals surface area contributed by atoms with E-state index in [1.807, 2.05) is 30.3 Å². The number of amides is 1. The Morgan fingerprint density at radius 2 is 1.94 bits per heavy atom. The Hall–Kier alpha value is -1.55. The summed E-state index contributed by atoms with van der Waals surface area (Å²) >= 11 is 0. The highest BCUT2D eigenvalue weighted by Crippen LogP contribution is 2.12. The third-order valence-corrected chi connectivity index (χ3v) is 3.15. The molecule has 2 rings (SSSR count). The molecule has 1 heterocycles. The SMILES string of the molecule is O=C(CCOc1ccccc1)N1CCC(O)CC1. The second-order valence-corrected chi connectivity index (χ2v) is 4.52. The predicted molar refractivity (Wildman–Crippen MR) is 68.4 cm³/mol. The van der Waals surface area contributed by atoms with E-state index in [1.54, 1.807) is 4.90 Å². The van der Waals surface area contributed by atoms with Gasteiger partial charge in [-0.15, -0.1) is 0 Å². The van der Waals surface area contributed by atoms with E-state index in [0.29, 0.717) is 39.0 Å². The standard InChI is InChI=1S/C14H19NO3/c16-12-6-9-15(10-7-12)14(17)8-11-18-13-4-2-1-3-5-13/h1-5,12,16H,6-11H2. The van der Waals surface area contributed by atoms with Crippen LogP contribution in [0.2, 0.25) is 0 Å². The zero-order chi connectivity index (χ0) is 12.8. The average molecular weight is 249 g/mol. The van der Waals surface area contributed by atoms with Gasteiger partial charge < -0.3 is 14.7 Å². The van der Waals surface area contributed by atoms with E-state index >= 15 is 0 Å². The van der Waals surface area contributed by atoms with Crippen molar-refractivity contribution in [2.24, 2.45) is 0 Å². The third kappa shape index (κ3) is 3.74. The molecule has 1 N–H and O–H groups in total. The van der Waals surface area contributed by atoms with Crippen molar-refractivity contribution in [3.05, 3.63) is 30.3 Å². The molecule has 4 heteroatoms. The molecule has 1 fully saturated rings. The molecule has 0 radical (unpaired) electrons. The molecular weight excluding hydrogens is 230 g/mol.